The Morgan fingerprint density at radius 1 is 1.50 bits per heavy atom. The summed E-state index contributed by atoms with van der Waals surface area (Å²) < 4.78 is 31.5. The lowest BCUT2D eigenvalue weighted by Gasteiger charge is -1.82. The average Bonchev–Trinajstić information content (AvgIpc) is 2.29. The summed E-state index contributed by atoms with van der Waals surface area (Å²) in [5.41, 5.74) is 2.38. The highest BCUT2D eigenvalue weighted by atomic mass is 32.3. The number of hydrogen-bond donors (Lipinski definition) is 1. The summed E-state index contributed by atoms with van der Waals surface area (Å²) in [7, 11) is -1.36. The fourth-order valence-corrected chi connectivity index (χ4v) is 0.718. The molecule has 1 aromatic rings. The Morgan fingerprint density at radius 3 is 2.00 bits per heavy atom. The summed E-state index contributed by atoms with van der Waals surface area (Å²) in [6, 6.07) is 0. The van der Waals surface area contributed by atoms with Crippen LogP contribution in [0, 0.1) is 13.8 Å². The van der Waals surface area contributed by atoms with Crippen molar-refractivity contribution in [2.75, 3.05) is 7.11 Å². The molecule has 14 heavy (non-hydrogen) atoms. The van der Waals surface area contributed by atoms with Gasteiger partial charge in [0.25, 0.3) is 0 Å². The van der Waals surface area contributed by atoms with Gasteiger partial charge >= 0.3 is 10.4 Å². The van der Waals surface area contributed by atoms with E-state index in [-0.39, 0.29) is 0 Å². The Morgan fingerprint density at radius 2 is 1.93 bits per heavy atom. The van der Waals surface area contributed by atoms with E-state index in [4.69, 9.17) is 4.55 Å². The predicted molar refractivity (Wildman–Crippen MR) is 51.2 cm³/mol. The quantitative estimate of drug-likeness (QED) is 0.698. The molecule has 0 unspecified atom stereocenters. The highest BCUT2D eigenvalue weighted by Gasteiger charge is 1.94. The first-order valence-electron chi connectivity index (χ1n) is 3.76. The molecule has 7 heteroatoms. The molecule has 0 saturated carbocycles. The monoisotopic (exact) mass is 222 g/mol. The van der Waals surface area contributed by atoms with Crippen LogP contribution in [0.3, 0.4) is 0 Å². The van der Waals surface area contributed by atoms with Crippen molar-refractivity contribution in [2.24, 2.45) is 7.05 Å². The lowest BCUT2D eigenvalue weighted by Crippen LogP contribution is -1.96. The second-order valence-electron chi connectivity index (χ2n) is 2.67. The molecule has 82 valence electrons. The SMILES string of the molecule is COS(=O)(=O)O.Cc1cn(C)nc1C. The Labute approximate surface area is 83.5 Å². The van der Waals surface area contributed by atoms with E-state index < -0.39 is 10.4 Å². The van der Waals surface area contributed by atoms with E-state index >= 15 is 0 Å². The smallest absolute Gasteiger partial charge is 0.275 e. The van der Waals surface area contributed by atoms with Crippen molar-refractivity contribution >= 4 is 10.4 Å². The minimum absolute atomic E-state index is 0.870. The van der Waals surface area contributed by atoms with Crippen LogP contribution in [-0.4, -0.2) is 29.9 Å². The van der Waals surface area contributed by atoms with E-state index in [9.17, 15) is 8.42 Å². The van der Waals surface area contributed by atoms with Crippen LogP contribution in [0.4, 0.5) is 0 Å². The van der Waals surface area contributed by atoms with E-state index in [2.05, 4.69) is 16.2 Å². The zero-order chi connectivity index (χ0) is 11.4. The normalized spacial score (nSPS) is 10.6. The largest absolute Gasteiger partial charge is 0.397 e. The van der Waals surface area contributed by atoms with Gasteiger partial charge in [-0.3, -0.25) is 13.4 Å². The molecule has 0 atom stereocenters. The Hall–Kier alpha value is -0.920. The fourth-order valence-electron chi connectivity index (χ4n) is 0.718. The molecule has 0 fully saturated rings. The summed E-state index contributed by atoms with van der Waals surface area (Å²) in [4.78, 5) is 0. The number of nitrogens with zero attached hydrogens (tertiary/aromatic N) is 2. The topological polar surface area (TPSA) is 81.4 Å². The van der Waals surface area contributed by atoms with Crippen molar-refractivity contribution < 1.29 is 17.2 Å². The molecule has 0 aromatic carbocycles. The minimum Gasteiger partial charge on any atom is -0.275 e. The summed E-state index contributed by atoms with van der Waals surface area (Å²) in [5, 5.41) is 4.13. The van der Waals surface area contributed by atoms with Crippen molar-refractivity contribution in [2.45, 2.75) is 13.8 Å². The van der Waals surface area contributed by atoms with Crippen LogP contribution in [0.1, 0.15) is 11.3 Å². The third-order valence-electron chi connectivity index (χ3n) is 1.47. The van der Waals surface area contributed by atoms with E-state index in [1.807, 2.05) is 24.9 Å². The van der Waals surface area contributed by atoms with E-state index in [0.717, 1.165) is 12.8 Å². The summed E-state index contributed by atoms with van der Waals surface area (Å²) >= 11 is 0. The molecule has 0 aliphatic rings. The molecular formula is C7H14N2O4S. The van der Waals surface area contributed by atoms with Gasteiger partial charge in [0.15, 0.2) is 0 Å². The molecular weight excluding hydrogens is 208 g/mol. The van der Waals surface area contributed by atoms with Gasteiger partial charge in [0.05, 0.1) is 12.8 Å². The van der Waals surface area contributed by atoms with Crippen LogP contribution in [0.2, 0.25) is 0 Å². The van der Waals surface area contributed by atoms with Crippen molar-refractivity contribution in [1.82, 2.24) is 9.78 Å². The molecule has 1 N–H and O–H groups in total. The zero-order valence-corrected chi connectivity index (χ0v) is 9.37. The predicted octanol–water partition coefficient (Wildman–Crippen LogP) is 0.473. The highest BCUT2D eigenvalue weighted by molar-refractivity contribution is 7.80. The molecule has 1 aromatic heterocycles. The maximum Gasteiger partial charge on any atom is 0.397 e. The van der Waals surface area contributed by atoms with Crippen LogP contribution in [-0.2, 0) is 21.6 Å². The van der Waals surface area contributed by atoms with Crippen molar-refractivity contribution in [3.8, 4) is 0 Å². The maximum absolute atomic E-state index is 9.33. The Bertz CT molecular complexity index is 363. The molecule has 0 radical (unpaired) electrons. The van der Waals surface area contributed by atoms with Gasteiger partial charge in [-0.2, -0.15) is 13.5 Å². The maximum atomic E-state index is 9.33. The number of aromatic nitrogens is 2. The molecule has 0 aliphatic carbocycles. The van der Waals surface area contributed by atoms with Gasteiger partial charge in [0, 0.05) is 13.2 Å². The van der Waals surface area contributed by atoms with Gasteiger partial charge in [-0.25, -0.2) is 0 Å². The second kappa shape index (κ2) is 5.08. The first kappa shape index (κ1) is 13.1. The molecule has 0 saturated heterocycles. The number of rotatable bonds is 1. The number of aryl methyl sites for hydroxylation is 3. The van der Waals surface area contributed by atoms with Gasteiger partial charge in [-0.1, -0.05) is 0 Å². The van der Waals surface area contributed by atoms with Gasteiger partial charge < -0.3 is 0 Å². The molecule has 6 nitrogen and oxygen atoms in total. The molecule has 0 bridgehead atoms. The van der Waals surface area contributed by atoms with E-state index in [0.29, 0.717) is 0 Å². The van der Waals surface area contributed by atoms with Crippen molar-refractivity contribution in [3.05, 3.63) is 17.5 Å². The van der Waals surface area contributed by atoms with Gasteiger partial charge in [0.1, 0.15) is 0 Å². The third kappa shape index (κ3) is 5.68. The summed E-state index contributed by atoms with van der Waals surface area (Å²) in [5.74, 6) is 0. The molecule has 0 amide bonds. The van der Waals surface area contributed by atoms with Crippen LogP contribution in [0.25, 0.3) is 0 Å². The van der Waals surface area contributed by atoms with E-state index in [1.165, 1.54) is 5.56 Å². The zero-order valence-electron chi connectivity index (χ0n) is 8.55. The van der Waals surface area contributed by atoms with Gasteiger partial charge in [-0.05, 0) is 19.4 Å². The molecule has 0 spiro atoms. The first-order valence-corrected chi connectivity index (χ1v) is 5.12. The molecule has 1 heterocycles. The third-order valence-corrected chi connectivity index (χ3v) is 1.89. The van der Waals surface area contributed by atoms with E-state index in [1.54, 1.807) is 0 Å². The number of hydrogen-bond acceptors (Lipinski definition) is 4. The molecule has 1 rings (SSSR count). The van der Waals surface area contributed by atoms with Crippen molar-refractivity contribution in [1.29, 1.82) is 0 Å². The van der Waals surface area contributed by atoms with Crippen LogP contribution in [0.15, 0.2) is 6.20 Å². The summed E-state index contributed by atoms with van der Waals surface area (Å²) in [6.07, 6.45) is 2.01. The Balaban J connectivity index is 0.000000255. The van der Waals surface area contributed by atoms with Gasteiger partial charge in [-0.15, -0.1) is 0 Å². The lowest BCUT2D eigenvalue weighted by molar-refractivity contribution is 0.324. The second-order valence-corrected chi connectivity index (χ2v) is 3.85. The highest BCUT2D eigenvalue weighted by Crippen LogP contribution is 1.99. The van der Waals surface area contributed by atoms with Crippen LogP contribution in [0.5, 0.6) is 0 Å². The summed E-state index contributed by atoms with van der Waals surface area (Å²) in [6.45, 7) is 4.07. The molecule has 0 aliphatic heterocycles. The van der Waals surface area contributed by atoms with Crippen LogP contribution < -0.4 is 0 Å². The average molecular weight is 222 g/mol. The van der Waals surface area contributed by atoms with Gasteiger partial charge in [0.2, 0.25) is 0 Å². The van der Waals surface area contributed by atoms with Crippen molar-refractivity contribution in [3.63, 3.8) is 0 Å². The Kier molecular flexibility index (Phi) is 4.75. The first-order chi connectivity index (χ1) is 6.26. The van der Waals surface area contributed by atoms with Crippen LogP contribution >= 0.6 is 0 Å². The minimum atomic E-state index is -4.16. The standard InChI is InChI=1S/C6H10N2.CH4O4S/c1-5-4-8(3)7-6(5)2;1-5-6(2,3)4/h4H,1-3H3;1H3,(H,2,3,4). The lowest BCUT2D eigenvalue weighted by atomic mass is 10.3. The fraction of sp³-hybridized carbons (Fsp3) is 0.571.